The second-order valence-corrected chi connectivity index (χ2v) is 2.80. The summed E-state index contributed by atoms with van der Waals surface area (Å²) in [6.45, 7) is 3.22. The van der Waals surface area contributed by atoms with Gasteiger partial charge in [-0.25, -0.2) is 15.0 Å². The fourth-order valence-electron chi connectivity index (χ4n) is 1.21. The van der Waals surface area contributed by atoms with E-state index in [1.165, 1.54) is 0 Å². The maximum absolute atomic E-state index is 12.3. The van der Waals surface area contributed by atoms with Gasteiger partial charge >= 0.3 is 6.18 Å². The zero-order valence-corrected chi connectivity index (χ0v) is 7.34. The highest BCUT2D eigenvalue weighted by Gasteiger charge is 2.33. The first kappa shape index (κ1) is 9.63. The van der Waals surface area contributed by atoms with Gasteiger partial charge in [-0.2, -0.15) is 13.2 Å². The third-order valence-electron chi connectivity index (χ3n) is 1.86. The predicted molar refractivity (Wildman–Crippen MR) is 48.1 cm³/mol. The largest absolute Gasteiger partial charge is 0.431 e. The van der Waals surface area contributed by atoms with E-state index in [0.29, 0.717) is 0 Å². The Morgan fingerprint density at radius 2 is 2.07 bits per heavy atom. The Kier molecular flexibility index (Phi) is 1.95. The Morgan fingerprint density at radius 3 is 2.67 bits per heavy atom. The zero-order chi connectivity index (χ0) is 11.1. The number of H-pyrrole nitrogens is 1. The highest BCUT2D eigenvalue weighted by Crippen LogP contribution is 2.32. The number of nitrogens with zero attached hydrogens (tertiary/aromatic N) is 3. The summed E-state index contributed by atoms with van der Waals surface area (Å²) >= 11 is 0. The first-order valence-corrected chi connectivity index (χ1v) is 3.90. The molecule has 0 aromatic carbocycles. The van der Waals surface area contributed by atoms with Gasteiger partial charge in [-0.05, 0) is 12.8 Å². The highest BCUT2D eigenvalue weighted by atomic mass is 19.4. The first-order chi connectivity index (χ1) is 7.02. The van der Waals surface area contributed by atoms with Crippen molar-refractivity contribution < 1.29 is 13.2 Å². The van der Waals surface area contributed by atoms with Crippen LogP contribution in [0.4, 0.5) is 19.0 Å². The molecule has 0 bridgehead atoms. The molecule has 78 valence electrons. The second-order valence-electron chi connectivity index (χ2n) is 2.80. The van der Waals surface area contributed by atoms with Crippen LogP contribution in [0.15, 0.2) is 17.4 Å². The van der Waals surface area contributed by atoms with Crippen LogP contribution in [-0.4, -0.2) is 21.7 Å². The molecule has 4 nitrogen and oxygen atoms in total. The molecule has 0 aliphatic heterocycles. The third-order valence-corrected chi connectivity index (χ3v) is 1.86. The van der Waals surface area contributed by atoms with Crippen LogP contribution in [0.1, 0.15) is 5.69 Å². The summed E-state index contributed by atoms with van der Waals surface area (Å²) in [7, 11) is 0. The summed E-state index contributed by atoms with van der Waals surface area (Å²) < 4.78 is 37.0. The van der Waals surface area contributed by atoms with E-state index in [0.717, 1.165) is 12.4 Å². The number of hydrogen-bond donors (Lipinski definition) is 1. The van der Waals surface area contributed by atoms with Gasteiger partial charge in [-0.3, -0.25) is 0 Å². The zero-order valence-electron chi connectivity index (χ0n) is 7.34. The molecule has 0 radical (unpaired) electrons. The van der Waals surface area contributed by atoms with E-state index in [1.54, 1.807) is 0 Å². The Labute approximate surface area is 81.9 Å². The van der Waals surface area contributed by atoms with Crippen molar-refractivity contribution in [1.82, 2.24) is 15.0 Å². The summed E-state index contributed by atoms with van der Waals surface area (Å²) in [4.78, 5) is 13.0. The number of rotatable bonds is 1. The van der Waals surface area contributed by atoms with E-state index >= 15 is 0 Å². The molecule has 0 atom stereocenters. The Bertz CT molecular complexity index is 514. The maximum Gasteiger partial charge on any atom is 0.431 e. The van der Waals surface area contributed by atoms with Crippen molar-refractivity contribution in [2.75, 3.05) is 0 Å². The molecule has 0 unspecified atom stereocenters. The van der Waals surface area contributed by atoms with E-state index in [1.807, 2.05) is 0 Å². The fourth-order valence-corrected chi connectivity index (χ4v) is 1.21. The molecular formula is C8H5F3N4. The number of halogens is 3. The molecule has 2 aromatic heterocycles. The smallest absolute Gasteiger partial charge is 0.336 e. The average molecular weight is 214 g/mol. The molecule has 0 saturated carbocycles. The number of aromatic amines is 1. The molecule has 0 spiro atoms. The van der Waals surface area contributed by atoms with Crippen LogP contribution in [-0.2, 0) is 6.18 Å². The van der Waals surface area contributed by atoms with E-state index in [-0.39, 0.29) is 16.9 Å². The van der Waals surface area contributed by atoms with Gasteiger partial charge in [0, 0.05) is 0 Å². The van der Waals surface area contributed by atoms with Gasteiger partial charge < -0.3 is 4.98 Å². The quantitative estimate of drug-likeness (QED) is 0.740. The topological polar surface area (TPSA) is 53.9 Å². The SMILES string of the molecule is C=Nc1ncnc2[nH]c(C(F)(F)F)cc12. The second kappa shape index (κ2) is 3.04. The molecule has 2 heterocycles. The molecule has 7 heteroatoms. The van der Waals surface area contributed by atoms with E-state index in [2.05, 4.69) is 26.7 Å². The summed E-state index contributed by atoms with van der Waals surface area (Å²) in [6.07, 6.45) is -3.30. The molecule has 1 N–H and O–H groups in total. The number of hydrogen-bond acceptors (Lipinski definition) is 3. The molecule has 2 aromatic rings. The lowest BCUT2D eigenvalue weighted by Gasteiger charge is -2.00. The van der Waals surface area contributed by atoms with Crippen molar-refractivity contribution in [2.45, 2.75) is 6.18 Å². The average Bonchev–Trinajstić information content (AvgIpc) is 2.59. The highest BCUT2D eigenvalue weighted by molar-refractivity contribution is 5.86. The van der Waals surface area contributed by atoms with Crippen LogP contribution in [0, 0.1) is 0 Å². The predicted octanol–water partition coefficient (Wildman–Crippen LogP) is 2.31. The molecule has 0 amide bonds. The van der Waals surface area contributed by atoms with Gasteiger partial charge in [0.25, 0.3) is 0 Å². The number of aromatic nitrogens is 3. The minimum atomic E-state index is -4.43. The Morgan fingerprint density at radius 1 is 1.33 bits per heavy atom. The summed E-state index contributed by atoms with van der Waals surface area (Å²) in [6, 6.07) is 0.916. The van der Waals surface area contributed by atoms with E-state index in [9.17, 15) is 13.2 Å². The minimum absolute atomic E-state index is 0.0970. The molecule has 0 aliphatic rings. The van der Waals surface area contributed by atoms with Gasteiger partial charge in [-0.15, -0.1) is 0 Å². The lowest BCUT2D eigenvalue weighted by Crippen LogP contribution is -2.04. The number of aliphatic imine (C=N–C) groups is 1. The van der Waals surface area contributed by atoms with Crippen molar-refractivity contribution in [3.05, 3.63) is 18.1 Å². The van der Waals surface area contributed by atoms with Crippen LogP contribution in [0.2, 0.25) is 0 Å². The van der Waals surface area contributed by atoms with Crippen LogP contribution < -0.4 is 0 Å². The molecule has 0 fully saturated rings. The molecule has 0 aliphatic carbocycles. The van der Waals surface area contributed by atoms with Crippen molar-refractivity contribution in [1.29, 1.82) is 0 Å². The lowest BCUT2D eigenvalue weighted by molar-refractivity contribution is -0.140. The summed E-state index contributed by atoms with van der Waals surface area (Å²) in [5.74, 6) is 0.131. The van der Waals surface area contributed by atoms with Crippen molar-refractivity contribution >= 4 is 23.6 Å². The fraction of sp³-hybridized carbons (Fsp3) is 0.125. The van der Waals surface area contributed by atoms with Crippen molar-refractivity contribution in [3.8, 4) is 0 Å². The number of alkyl halides is 3. The number of fused-ring (bicyclic) bond motifs is 1. The van der Waals surface area contributed by atoms with E-state index < -0.39 is 11.9 Å². The first-order valence-electron chi connectivity index (χ1n) is 3.90. The van der Waals surface area contributed by atoms with Gasteiger partial charge in [0.2, 0.25) is 0 Å². The monoisotopic (exact) mass is 214 g/mol. The molecular weight excluding hydrogens is 209 g/mol. The Balaban J connectivity index is 2.70. The van der Waals surface area contributed by atoms with Crippen LogP contribution >= 0.6 is 0 Å². The van der Waals surface area contributed by atoms with Gasteiger partial charge in [-0.1, -0.05) is 0 Å². The minimum Gasteiger partial charge on any atom is -0.336 e. The summed E-state index contributed by atoms with van der Waals surface area (Å²) in [5.41, 5.74) is -0.775. The van der Waals surface area contributed by atoms with Crippen LogP contribution in [0.3, 0.4) is 0 Å². The third kappa shape index (κ3) is 1.56. The van der Waals surface area contributed by atoms with Crippen LogP contribution in [0.5, 0.6) is 0 Å². The normalized spacial score (nSPS) is 11.9. The molecule has 2 rings (SSSR count). The van der Waals surface area contributed by atoms with Crippen molar-refractivity contribution in [3.63, 3.8) is 0 Å². The van der Waals surface area contributed by atoms with Crippen molar-refractivity contribution in [2.24, 2.45) is 4.99 Å². The standard InChI is InChI=1S/C8H5F3N4/c1-12-6-4-2-5(8(9,10)11)15-7(4)14-3-13-6/h2-3H,1H2,(H,13,14,15). The van der Waals surface area contributed by atoms with Gasteiger partial charge in [0.15, 0.2) is 5.82 Å². The molecule has 15 heavy (non-hydrogen) atoms. The lowest BCUT2D eigenvalue weighted by atomic mass is 10.3. The van der Waals surface area contributed by atoms with Crippen LogP contribution in [0.25, 0.3) is 11.0 Å². The van der Waals surface area contributed by atoms with Gasteiger partial charge in [0.05, 0.1) is 5.39 Å². The number of nitrogens with one attached hydrogen (secondary N) is 1. The maximum atomic E-state index is 12.3. The Hall–Kier alpha value is -1.92. The summed E-state index contributed by atoms with van der Waals surface area (Å²) in [5, 5.41) is 0.208. The van der Waals surface area contributed by atoms with Gasteiger partial charge in [0.1, 0.15) is 17.7 Å². The van der Waals surface area contributed by atoms with E-state index in [4.69, 9.17) is 0 Å². The molecule has 0 saturated heterocycles.